The Kier molecular flexibility index (Phi) is 9.41. The molecule has 35 heavy (non-hydrogen) atoms. The van der Waals surface area contributed by atoms with E-state index < -0.39 is 0 Å². The molecule has 0 spiro atoms. The zero-order valence-electron chi connectivity index (χ0n) is 20.6. The fourth-order valence-corrected chi connectivity index (χ4v) is 6.33. The highest BCUT2D eigenvalue weighted by Gasteiger charge is 2.36. The topological polar surface area (TPSA) is 32.8 Å². The van der Waals surface area contributed by atoms with Crippen molar-refractivity contribution in [2.45, 2.75) is 18.1 Å². The molecule has 4 nitrogen and oxygen atoms in total. The Morgan fingerprint density at radius 3 is 1.69 bits per heavy atom. The third-order valence-corrected chi connectivity index (χ3v) is 8.23. The van der Waals surface area contributed by atoms with E-state index in [1.54, 1.807) is 0 Å². The van der Waals surface area contributed by atoms with Crippen LogP contribution in [0.1, 0.15) is 30.0 Å². The van der Waals surface area contributed by atoms with Crippen LogP contribution >= 0.6 is 11.8 Å². The van der Waals surface area contributed by atoms with Gasteiger partial charge in [-0.1, -0.05) is 91.0 Å². The Labute approximate surface area is 214 Å². The van der Waals surface area contributed by atoms with Gasteiger partial charge in [0.1, 0.15) is 0 Å². The van der Waals surface area contributed by atoms with Crippen LogP contribution in [0.3, 0.4) is 0 Å². The number of carbonyl (C=O) groups is 1. The van der Waals surface area contributed by atoms with Crippen molar-refractivity contribution in [3.05, 3.63) is 108 Å². The molecule has 1 saturated heterocycles. The van der Waals surface area contributed by atoms with Crippen LogP contribution in [0.2, 0.25) is 0 Å². The molecule has 1 aliphatic rings. The first-order valence-corrected chi connectivity index (χ1v) is 13.6. The molecule has 5 heteroatoms. The molecule has 3 aromatic rings. The number of esters is 1. The van der Waals surface area contributed by atoms with Gasteiger partial charge in [-0.2, -0.15) is 0 Å². The van der Waals surface area contributed by atoms with Gasteiger partial charge in [-0.3, -0.25) is 9.69 Å². The molecule has 0 unspecified atom stereocenters. The third kappa shape index (κ3) is 6.54. The van der Waals surface area contributed by atoms with Crippen LogP contribution in [0, 0.1) is 0 Å². The van der Waals surface area contributed by atoms with Gasteiger partial charge in [0.15, 0.2) is 0 Å². The molecule has 0 bridgehead atoms. The number of hydrogen-bond donors (Lipinski definition) is 0. The Morgan fingerprint density at radius 1 is 0.771 bits per heavy atom. The van der Waals surface area contributed by atoms with Gasteiger partial charge in [0.25, 0.3) is 0 Å². The summed E-state index contributed by atoms with van der Waals surface area (Å²) in [7, 11) is 0. The smallest absolute Gasteiger partial charge is 0.320 e. The molecule has 4 rings (SSSR count). The molecule has 3 aromatic carbocycles. The molecule has 1 aliphatic heterocycles. The number of hydrogen-bond acceptors (Lipinski definition) is 5. The quantitative estimate of drug-likeness (QED) is 0.208. The fraction of sp³-hybridized carbons (Fsp3) is 0.367. The normalized spacial score (nSPS) is 15.1. The third-order valence-electron chi connectivity index (χ3n) is 6.60. The summed E-state index contributed by atoms with van der Waals surface area (Å²) in [6, 6.07) is 32.7. The highest BCUT2D eigenvalue weighted by atomic mass is 32.2. The molecule has 0 atom stereocenters. The van der Waals surface area contributed by atoms with E-state index in [0.29, 0.717) is 13.2 Å². The summed E-state index contributed by atoms with van der Waals surface area (Å²) in [5, 5.41) is 0. The SMILES string of the molecule is CCOC(=O)CN1CCN(CCCSC(c2ccccc2)(c2ccccc2)c2ccccc2)CC1. The predicted octanol–water partition coefficient (Wildman–Crippen LogP) is 5.28. The van der Waals surface area contributed by atoms with Crippen LogP contribution in [0.25, 0.3) is 0 Å². The summed E-state index contributed by atoms with van der Waals surface area (Å²) < 4.78 is 4.85. The van der Waals surface area contributed by atoms with Gasteiger partial charge in [-0.05, 0) is 42.3 Å². The highest BCUT2D eigenvalue weighted by Crippen LogP contribution is 2.48. The van der Waals surface area contributed by atoms with E-state index in [4.69, 9.17) is 4.74 Å². The molecule has 0 saturated carbocycles. The lowest BCUT2D eigenvalue weighted by atomic mass is 9.84. The van der Waals surface area contributed by atoms with E-state index in [-0.39, 0.29) is 10.7 Å². The Balaban J connectivity index is 1.43. The van der Waals surface area contributed by atoms with Crippen LogP contribution in [-0.4, -0.2) is 67.4 Å². The van der Waals surface area contributed by atoms with Crippen LogP contribution in [0.5, 0.6) is 0 Å². The molecule has 1 fully saturated rings. The van der Waals surface area contributed by atoms with Crippen molar-refractivity contribution in [2.24, 2.45) is 0 Å². The minimum Gasteiger partial charge on any atom is -0.465 e. The molecular formula is C30H36N2O2S. The van der Waals surface area contributed by atoms with E-state index in [0.717, 1.165) is 44.9 Å². The van der Waals surface area contributed by atoms with Crippen molar-refractivity contribution >= 4 is 17.7 Å². The van der Waals surface area contributed by atoms with Gasteiger partial charge in [-0.25, -0.2) is 0 Å². The first-order valence-electron chi connectivity index (χ1n) is 12.6. The molecule has 0 amide bonds. The standard InChI is InChI=1S/C30H36N2O2S/c1-2-34-29(33)25-32-22-20-31(21-23-32)19-12-24-35-30(26-13-6-3-7-14-26,27-15-8-4-9-16-27)28-17-10-5-11-18-28/h3-11,13-18H,2,12,19-25H2,1H3. The van der Waals surface area contributed by atoms with Crippen molar-refractivity contribution in [3.8, 4) is 0 Å². The second-order valence-electron chi connectivity index (χ2n) is 8.90. The van der Waals surface area contributed by atoms with Gasteiger partial charge in [0.2, 0.25) is 0 Å². The molecule has 0 aliphatic carbocycles. The van der Waals surface area contributed by atoms with Gasteiger partial charge in [-0.15, -0.1) is 11.8 Å². The minimum absolute atomic E-state index is 0.114. The van der Waals surface area contributed by atoms with Gasteiger partial charge < -0.3 is 9.64 Å². The number of piperazine rings is 1. The van der Waals surface area contributed by atoms with Gasteiger partial charge in [0.05, 0.1) is 17.9 Å². The van der Waals surface area contributed by atoms with Crippen LogP contribution in [0.4, 0.5) is 0 Å². The summed E-state index contributed by atoms with van der Waals surface area (Å²) in [5.74, 6) is 0.943. The van der Waals surface area contributed by atoms with Crippen molar-refractivity contribution in [1.29, 1.82) is 0 Å². The predicted molar refractivity (Wildman–Crippen MR) is 146 cm³/mol. The molecule has 0 aromatic heterocycles. The molecule has 1 heterocycles. The fourth-order valence-electron chi connectivity index (χ4n) is 4.84. The second-order valence-corrected chi connectivity index (χ2v) is 10.2. The number of thioether (sulfide) groups is 1. The zero-order chi connectivity index (χ0) is 24.3. The second kappa shape index (κ2) is 12.9. The number of nitrogens with zero attached hydrogens (tertiary/aromatic N) is 2. The Bertz CT molecular complexity index is 925. The van der Waals surface area contributed by atoms with Gasteiger partial charge in [0, 0.05) is 26.2 Å². The van der Waals surface area contributed by atoms with Gasteiger partial charge >= 0.3 is 5.97 Å². The van der Waals surface area contributed by atoms with Crippen molar-refractivity contribution in [2.75, 3.05) is 51.6 Å². The zero-order valence-corrected chi connectivity index (χ0v) is 21.5. The Hall–Kier alpha value is -2.60. The lowest BCUT2D eigenvalue weighted by Crippen LogP contribution is -2.48. The summed E-state index contributed by atoms with van der Waals surface area (Å²) in [6.07, 6.45) is 1.12. The maximum Gasteiger partial charge on any atom is 0.320 e. The summed E-state index contributed by atoms with van der Waals surface area (Å²) in [4.78, 5) is 16.5. The van der Waals surface area contributed by atoms with Crippen LogP contribution < -0.4 is 0 Å². The van der Waals surface area contributed by atoms with Crippen LogP contribution in [-0.2, 0) is 14.3 Å². The minimum atomic E-state index is -0.248. The maximum atomic E-state index is 11.8. The van der Waals surface area contributed by atoms with Crippen molar-refractivity contribution in [3.63, 3.8) is 0 Å². The lowest BCUT2D eigenvalue weighted by molar-refractivity contribution is -0.144. The molecule has 0 N–H and O–H groups in total. The van der Waals surface area contributed by atoms with E-state index >= 15 is 0 Å². The number of rotatable bonds is 11. The molecule has 0 radical (unpaired) electrons. The largest absolute Gasteiger partial charge is 0.465 e. The Morgan fingerprint density at radius 2 is 1.23 bits per heavy atom. The van der Waals surface area contributed by atoms with E-state index in [1.807, 2.05) is 18.7 Å². The molecular weight excluding hydrogens is 452 g/mol. The van der Waals surface area contributed by atoms with E-state index in [9.17, 15) is 4.79 Å². The van der Waals surface area contributed by atoms with E-state index in [1.165, 1.54) is 16.7 Å². The highest BCUT2D eigenvalue weighted by molar-refractivity contribution is 8.00. The van der Waals surface area contributed by atoms with Crippen molar-refractivity contribution < 1.29 is 9.53 Å². The number of ether oxygens (including phenoxy) is 1. The monoisotopic (exact) mass is 488 g/mol. The number of carbonyl (C=O) groups excluding carboxylic acids is 1. The summed E-state index contributed by atoms with van der Waals surface area (Å²) in [5.41, 5.74) is 3.94. The lowest BCUT2D eigenvalue weighted by Gasteiger charge is -2.36. The first-order chi connectivity index (χ1) is 17.2. The van der Waals surface area contributed by atoms with Crippen LogP contribution in [0.15, 0.2) is 91.0 Å². The van der Waals surface area contributed by atoms with E-state index in [2.05, 4.69) is 101 Å². The van der Waals surface area contributed by atoms with Crippen molar-refractivity contribution in [1.82, 2.24) is 9.80 Å². The average molecular weight is 489 g/mol. The maximum absolute atomic E-state index is 11.8. The summed E-state index contributed by atoms with van der Waals surface area (Å²) >= 11 is 2.03. The number of benzene rings is 3. The summed E-state index contributed by atoms with van der Waals surface area (Å²) in [6.45, 7) is 7.65. The average Bonchev–Trinajstić information content (AvgIpc) is 2.91. The first kappa shape index (κ1) is 25.5. The molecule has 184 valence electrons.